The second-order valence-corrected chi connectivity index (χ2v) is 9.53. The van der Waals surface area contributed by atoms with E-state index in [0.29, 0.717) is 35.2 Å². The summed E-state index contributed by atoms with van der Waals surface area (Å²) in [6.07, 6.45) is 1.54. The van der Waals surface area contributed by atoms with Crippen molar-refractivity contribution < 1.29 is 19.2 Å². The van der Waals surface area contributed by atoms with Gasteiger partial charge in [0.1, 0.15) is 5.78 Å². The predicted octanol–water partition coefficient (Wildman–Crippen LogP) is 4.19. The van der Waals surface area contributed by atoms with Crippen molar-refractivity contribution >= 4 is 28.9 Å². The summed E-state index contributed by atoms with van der Waals surface area (Å²) in [5.41, 5.74) is -0.204. The molecule has 0 heterocycles. The molecule has 2 saturated carbocycles. The highest BCUT2D eigenvalue weighted by Gasteiger charge is 2.72. The average molecular weight is 401 g/mol. The lowest BCUT2D eigenvalue weighted by Crippen LogP contribution is -2.43. The highest BCUT2D eigenvalue weighted by Crippen LogP contribution is 2.70. The van der Waals surface area contributed by atoms with E-state index in [2.05, 4.69) is 5.32 Å². The zero-order valence-electron chi connectivity index (χ0n) is 17.3. The number of amides is 1. The molecule has 2 fully saturated rings. The third kappa shape index (κ3) is 2.02. The van der Waals surface area contributed by atoms with Gasteiger partial charge in [-0.1, -0.05) is 57.2 Å². The Morgan fingerprint density at radius 3 is 2.07 bits per heavy atom. The minimum atomic E-state index is -0.804. The second kappa shape index (κ2) is 5.75. The molecule has 3 aliphatic rings. The summed E-state index contributed by atoms with van der Waals surface area (Å²) in [4.78, 5) is 52.4. The minimum Gasteiger partial charge on any atom is -0.325 e. The van der Waals surface area contributed by atoms with Crippen LogP contribution in [0.5, 0.6) is 0 Å². The molecular formula is C25H23NO4. The van der Waals surface area contributed by atoms with E-state index in [1.54, 1.807) is 42.5 Å². The Bertz CT molecular complexity index is 1180. The van der Waals surface area contributed by atoms with E-state index in [-0.39, 0.29) is 35.2 Å². The van der Waals surface area contributed by atoms with Crippen LogP contribution >= 0.6 is 0 Å². The van der Waals surface area contributed by atoms with Crippen molar-refractivity contribution in [1.29, 1.82) is 0 Å². The molecule has 2 bridgehead atoms. The van der Waals surface area contributed by atoms with Gasteiger partial charge in [-0.25, -0.2) is 0 Å². The van der Waals surface area contributed by atoms with Crippen LogP contribution in [0.3, 0.4) is 0 Å². The summed E-state index contributed by atoms with van der Waals surface area (Å²) in [5.74, 6) is -0.607. The van der Waals surface area contributed by atoms with Gasteiger partial charge in [0.2, 0.25) is 5.91 Å². The van der Waals surface area contributed by atoms with Crippen molar-refractivity contribution in [1.82, 2.24) is 0 Å². The largest absolute Gasteiger partial charge is 0.325 e. The van der Waals surface area contributed by atoms with Crippen molar-refractivity contribution in [2.24, 2.45) is 16.2 Å². The molecule has 1 amide bonds. The van der Waals surface area contributed by atoms with Crippen LogP contribution in [0.1, 0.15) is 71.9 Å². The molecular weight excluding hydrogens is 378 g/mol. The van der Waals surface area contributed by atoms with Crippen LogP contribution in [-0.4, -0.2) is 23.3 Å². The topological polar surface area (TPSA) is 80.3 Å². The molecule has 0 radical (unpaired) electrons. The molecule has 5 rings (SSSR count). The van der Waals surface area contributed by atoms with Gasteiger partial charge in [0, 0.05) is 28.5 Å². The molecule has 0 aromatic heterocycles. The highest BCUT2D eigenvalue weighted by molar-refractivity contribution is 6.30. The molecule has 5 heteroatoms. The molecule has 2 aromatic rings. The van der Waals surface area contributed by atoms with Gasteiger partial charge in [-0.2, -0.15) is 0 Å². The molecule has 0 spiro atoms. The number of carbonyl (C=O) groups is 4. The standard InChI is InChI=1S/C25H23NO4/c1-23(2)24(3)11-12-25(23,13-18(24)27)22(30)26-17-10-6-9-16-19(17)21(29)15-8-5-4-7-14(15)20(16)28/h4-10H,11-13H2,1-3H3,(H,26,30). The quantitative estimate of drug-likeness (QED) is 0.698. The van der Waals surface area contributed by atoms with Crippen molar-refractivity contribution in [3.05, 3.63) is 64.7 Å². The van der Waals surface area contributed by atoms with Crippen LogP contribution in [-0.2, 0) is 9.59 Å². The number of rotatable bonds is 2. The number of fused-ring (bicyclic) bond motifs is 4. The number of carbonyl (C=O) groups excluding carboxylic acids is 4. The maximum Gasteiger partial charge on any atom is 0.231 e. The van der Waals surface area contributed by atoms with Crippen LogP contribution in [0, 0.1) is 16.2 Å². The van der Waals surface area contributed by atoms with E-state index in [0.717, 1.165) is 0 Å². The van der Waals surface area contributed by atoms with Gasteiger partial charge in [-0.15, -0.1) is 0 Å². The molecule has 30 heavy (non-hydrogen) atoms. The third-order valence-electron chi connectivity index (χ3n) is 8.34. The van der Waals surface area contributed by atoms with Gasteiger partial charge < -0.3 is 5.32 Å². The van der Waals surface area contributed by atoms with Gasteiger partial charge in [0.15, 0.2) is 11.6 Å². The van der Waals surface area contributed by atoms with Gasteiger partial charge in [-0.05, 0) is 24.3 Å². The van der Waals surface area contributed by atoms with Crippen LogP contribution in [0.25, 0.3) is 0 Å². The summed E-state index contributed by atoms with van der Waals surface area (Å²) in [6, 6.07) is 11.7. The smallest absolute Gasteiger partial charge is 0.231 e. The lowest BCUT2D eigenvalue weighted by molar-refractivity contribution is -0.131. The summed E-state index contributed by atoms with van der Waals surface area (Å²) in [6.45, 7) is 5.95. The molecule has 3 aliphatic carbocycles. The fraction of sp³-hybridized carbons (Fsp3) is 0.360. The van der Waals surface area contributed by atoms with Crippen molar-refractivity contribution in [2.45, 2.75) is 40.0 Å². The molecule has 0 saturated heterocycles. The number of benzene rings is 2. The van der Waals surface area contributed by atoms with Gasteiger partial charge >= 0.3 is 0 Å². The number of hydrogen-bond acceptors (Lipinski definition) is 4. The molecule has 152 valence electrons. The predicted molar refractivity (Wildman–Crippen MR) is 112 cm³/mol. The first kappa shape index (κ1) is 18.9. The second-order valence-electron chi connectivity index (χ2n) is 9.53. The number of nitrogens with one attached hydrogen (secondary N) is 1. The molecule has 1 N–H and O–H groups in total. The van der Waals surface area contributed by atoms with E-state index < -0.39 is 16.2 Å². The lowest BCUT2D eigenvalue weighted by Gasteiger charge is -2.38. The maximum atomic E-state index is 13.6. The van der Waals surface area contributed by atoms with Gasteiger partial charge in [0.25, 0.3) is 0 Å². The Morgan fingerprint density at radius 1 is 0.833 bits per heavy atom. The van der Waals surface area contributed by atoms with E-state index in [4.69, 9.17) is 0 Å². The normalized spacial score (nSPS) is 28.3. The monoisotopic (exact) mass is 401 g/mol. The Kier molecular flexibility index (Phi) is 3.62. The van der Waals surface area contributed by atoms with Gasteiger partial charge in [-0.3, -0.25) is 19.2 Å². The van der Waals surface area contributed by atoms with E-state index in [1.165, 1.54) is 0 Å². The molecule has 2 atom stereocenters. The van der Waals surface area contributed by atoms with Gasteiger partial charge in [0.05, 0.1) is 16.7 Å². The first-order valence-corrected chi connectivity index (χ1v) is 10.3. The highest BCUT2D eigenvalue weighted by atomic mass is 16.2. The third-order valence-corrected chi connectivity index (χ3v) is 8.34. The molecule has 0 aliphatic heterocycles. The first-order chi connectivity index (χ1) is 14.1. The van der Waals surface area contributed by atoms with Crippen LogP contribution < -0.4 is 5.32 Å². The summed E-state index contributed by atoms with van der Waals surface area (Å²) >= 11 is 0. The van der Waals surface area contributed by atoms with Crippen molar-refractivity contribution in [3.8, 4) is 0 Å². The minimum absolute atomic E-state index is 0.129. The van der Waals surface area contributed by atoms with Crippen LogP contribution in [0.15, 0.2) is 42.5 Å². The van der Waals surface area contributed by atoms with Crippen molar-refractivity contribution in [3.63, 3.8) is 0 Å². The maximum absolute atomic E-state index is 13.6. The van der Waals surface area contributed by atoms with Crippen LogP contribution in [0.4, 0.5) is 5.69 Å². The van der Waals surface area contributed by atoms with E-state index in [1.807, 2.05) is 20.8 Å². The van der Waals surface area contributed by atoms with Crippen molar-refractivity contribution in [2.75, 3.05) is 5.32 Å². The summed E-state index contributed by atoms with van der Waals surface area (Å²) in [5, 5.41) is 2.94. The molecule has 2 aromatic carbocycles. The summed E-state index contributed by atoms with van der Waals surface area (Å²) < 4.78 is 0. The zero-order valence-corrected chi connectivity index (χ0v) is 17.3. The molecule has 5 nitrogen and oxygen atoms in total. The fourth-order valence-corrected chi connectivity index (χ4v) is 5.85. The zero-order chi connectivity index (χ0) is 21.5. The first-order valence-electron chi connectivity index (χ1n) is 10.3. The number of ketones is 3. The Morgan fingerprint density at radius 2 is 1.47 bits per heavy atom. The van der Waals surface area contributed by atoms with E-state index in [9.17, 15) is 19.2 Å². The SMILES string of the molecule is CC12CCC(C(=O)Nc3cccc4c3C(=O)c3ccccc3C4=O)(CC1=O)C2(C)C. The summed E-state index contributed by atoms with van der Waals surface area (Å²) in [7, 11) is 0. The fourth-order valence-electron chi connectivity index (χ4n) is 5.85. The molecule has 2 unspecified atom stereocenters. The lowest BCUT2D eigenvalue weighted by atomic mass is 9.64. The Labute approximate surface area is 174 Å². The van der Waals surface area contributed by atoms with Crippen LogP contribution in [0.2, 0.25) is 0 Å². The Hall–Kier alpha value is -3.08. The van der Waals surface area contributed by atoms with E-state index >= 15 is 0 Å². The Balaban J connectivity index is 1.57. The number of Topliss-reactive ketones (excluding diaryl/α,β-unsaturated/α-hetero) is 1. The number of anilines is 1. The number of hydrogen-bond donors (Lipinski definition) is 1. The average Bonchev–Trinajstić information content (AvgIpc) is 3.02.